The van der Waals surface area contributed by atoms with Crippen molar-refractivity contribution < 1.29 is 9.21 Å². The summed E-state index contributed by atoms with van der Waals surface area (Å²) in [4.78, 5) is 16.4. The fourth-order valence-corrected chi connectivity index (χ4v) is 2.46. The van der Waals surface area contributed by atoms with Gasteiger partial charge in [-0.25, -0.2) is 10.4 Å². The molecule has 0 saturated carbocycles. The van der Waals surface area contributed by atoms with Gasteiger partial charge in [0.1, 0.15) is 18.1 Å². The van der Waals surface area contributed by atoms with Crippen molar-refractivity contribution in [3.63, 3.8) is 0 Å². The lowest BCUT2D eigenvalue weighted by atomic mass is 10.3. The SMILES string of the molecule is Cc1nc2ccccc2n1CC(=O)NN=Cc1ccc(Br)o1. The van der Waals surface area contributed by atoms with Crippen LogP contribution in [0.5, 0.6) is 0 Å². The lowest BCUT2D eigenvalue weighted by Gasteiger charge is -2.05. The van der Waals surface area contributed by atoms with Crippen LogP contribution in [0.15, 0.2) is 50.6 Å². The highest BCUT2D eigenvalue weighted by molar-refractivity contribution is 9.10. The van der Waals surface area contributed by atoms with E-state index in [9.17, 15) is 4.79 Å². The maximum Gasteiger partial charge on any atom is 0.260 e. The Kier molecular flexibility index (Phi) is 4.06. The summed E-state index contributed by atoms with van der Waals surface area (Å²) in [5.41, 5.74) is 4.27. The van der Waals surface area contributed by atoms with Crippen LogP contribution >= 0.6 is 15.9 Å². The summed E-state index contributed by atoms with van der Waals surface area (Å²) in [7, 11) is 0. The summed E-state index contributed by atoms with van der Waals surface area (Å²) in [5, 5.41) is 3.87. The number of fused-ring (bicyclic) bond motifs is 1. The number of imidazole rings is 1. The number of nitrogens with one attached hydrogen (secondary N) is 1. The summed E-state index contributed by atoms with van der Waals surface area (Å²) in [6.07, 6.45) is 1.45. The van der Waals surface area contributed by atoms with Crippen molar-refractivity contribution in [3.05, 3.63) is 52.7 Å². The Morgan fingerprint density at radius 3 is 3.00 bits per heavy atom. The summed E-state index contributed by atoms with van der Waals surface area (Å²) in [5.74, 6) is 1.11. The predicted molar refractivity (Wildman–Crippen MR) is 86.6 cm³/mol. The van der Waals surface area contributed by atoms with E-state index >= 15 is 0 Å². The Morgan fingerprint density at radius 2 is 2.23 bits per heavy atom. The second kappa shape index (κ2) is 6.15. The van der Waals surface area contributed by atoms with Gasteiger partial charge < -0.3 is 8.98 Å². The lowest BCUT2D eigenvalue weighted by molar-refractivity contribution is -0.121. The van der Waals surface area contributed by atoms with Crippen molar-refractivity contribution >= 4 is 39.1 Å². The van der Waals surface area contributed by atoms with Gasteiger partial charge in [-0.05, 0) is 47.1 Å². The van der Waals surface area contributed by atoms with Crippen molar-refractivity contribution in [1.82, 2.24) is 15.0 Å². The molecule has 0 fully saturated rings. The molecule has 112 valence electrons. The number of halogens is 1. The molecule has 0 aliphatic rings. The molecule has 0 bridgehead atoms. The molecule has 0 aliphatic heterocycles. The summed E-state index contributed by atoms with van der Waals surface area (Å²) < 4.78 is 7.71. The highest BCUT2D eigenvalue weighted by Gasteiger charge is 2.09. The van der Waals surface area contributed by atoms with Crippen molar-refractivity contribution in [2.75, 3.05) is 0 Å². The van der Waals surface area contributed by atoms with Crippen LogP contribution in [0.2, 0.25) is 0 Å². The minimum absolute atomic E-state index is 0.158. The van der Waals surface area contributed by atoms with Gasteiger partial charge in [0, 0.05) is 0 Å². The minimum Gasteiger partial charge on any atom is -0.448 e. The van der Waals surface area contributed by atoms with Crippen LogP contribution in [-0.4, -0.2) is 21.7 Å². The summed E-state index contributed by atoms with van der Waals surface area (Å²) in [6.45, 7) is 2.03. The first kappa shape index (κ1) is 14.5. The number of nitrogens with zero attached hydrogens (tertiary/aromatic N) is 3. The molecule has 0 unspecified atom stereocenters. The number of amides is 1. The van der Waals surface area contributed by atoms with Crippen LogP contribution < -0.4 is 5.43 Å². The largest absolute Gasteiger partial charge is 0.448 e. The van der Waals surface area contributed by atoms with Gasteiger partial charge in [-0.3, -0.25) is 4.79 Å². The molecule has 7 heteroatoms. The molecule has 3 rings (SSSR count). The molecule has 0 radical (unpaired) electrons. The summed E-state index contributed by atoms with van der Waals surface area (Å²) >= 11 is 3.20. The van der Waals surface area contributed by atoms with E-state index in [0.717, 1.165) is 16.9 Å². The zero-order valence-electron chi connectivity index (χ0n) is 11.8. The van der Waals surface area contributed by atoms with Crippen LogP contribution in [0, 0.1) is 6.92 Å². The maximum atomic E-state index is 12.0. The third kappa shape index (κ3) is 3.09. The number of furan rings is 1. The van der Waals surface area contributed by atoms with Gasteiger partial charge in [0.25, 0.3) is 5.91 Å². The van der Waals surface area contributed by atoms with Gasteiger partial charge in [0.05, 0.1) is 17.2 Å². The second-order valence-corrected chi connectivity index (χ2v) is 5.45. The number of aromatic nitrogens is 2. The Morgan fingerprint density at radius 1 is 1.41 bits per heavy atom. The number of benzene rings is 1. The number of carbonyl (C=O) groups excluding carboxylic acids is 1. The maximum absolute atomic E-state index is 12.0. The van der Waals surface area contributed by atoms with Gasteiger partial charge in [-0.2, -0.15) is 5.10 Å². The summed E-state index contributed by atoms with van der Waals surface area (Å²) in [6, 6.07) is 11.2. The number of hydrogen-bond acceptors (Lipinski definition) is 4. The quantitative estimate of drug-likeness (QED) is 0.574. The van der Waals surface area contributed by atoms with Gasteiger partial charge in [-0.1, -0.05) is 12.1 Å². The van der Waals surface area contributed by atoms with E-state index in [1.165, 1.54) is 6.21 Å². The average molecular weight is 361 g/mol. The Labute approximate surface area is 135 Å². The van der Waals surface area contributed by atoms with Crippen molar-refractivity contribution in [2.45, 2.75) is 13.5 Å². The molecule has 0 saturated heterocycles. The van der Waals surface area contributed by atoms with Crippen LogP contribution in [0.1, 0.15) is 11.6 Å². The molecule has 0 aliphatic carbocycles. The lowest BCUT2D eigenvalue weighted by Crippen LogP contribution is -2.23. The molecule has 1 N–H and O–H groups in total. The second-order valence-electron chi connectivity index (χ2n) is 4.67. The van der Waals surface area contributed by atoms with E-state index in [2.05, 4.69) is 31.4 Å². The number of aryl methyl sites for hydroxylation is 1. The highest BCUT2D eigenvalue weighted by atomic mass is 79.9. The molecular formula is C15H13BrN4O2. The number of hydrogen-bond donors (Lipinski definition) is 1. The highest BCUT2D eigenvalue weighted by Crippen LogP contribution is 2.15. The molecule has 0 spiro atoms. The van der Waals surface area contributed by atoms with Crippen molar-refractivity contribution in [1.29, 1.82) is 0 Å². The van der Waals surface area contributed by atoms with Crippen LogP contribution in [0.25, 0.3) is 11.0 Å². The molecule has 0 atom stereocenters. The first-order chi connectivity index (χ1) is 10.6. The number of hydrazone groups is 1. The molecule has 3 aromatic rings. The molecule has 1 aromatic carbocycles. The van der Waals surface area contributed by atoms with Crippen molar-refractivity contribution in [2.24, 2.45) is 5.10 Å². The molecule has 2 aromatic heterocycles. The minimum atomic E-state index is -0.229. The number of rotatable bonds is 4. The van der Waals surface area contributed by atoms with E-state index in [1.54, 1.807) is 12.1 Å². The number of carbonyl (C=O) groups is 1. The van der Waals surface area contributed by atoms with Gasteiger partial charge in [-0.15, -0.1) is 0 Å². The van der Waals surface area contributed by atoms with Gasteiger partial charge in [0.15, 0.2) is 4.67 Å². The first-order valence-corrected chi connectivity index (χ1v) is 7.42. The zero-order valence-corrected chi connectivity index (χ0v) is 13.4. The monoisotopic (exact) mass is 360 g/mol. The molecule has 6 nitrogen and oxygen atoms in total. The van der Waals surface area contributed by atoms with E-state index in [-0.39, 0.29) is 12.5 Å². The Hall–Kier alpha value is -2.41. The van der Waals surface area contributed by atoms with Crippen LogP contribution in [-0.2, 0) is 11.3 Å². The smallest absolute Gasteiger partial charge is 0.260 e. The van der Waals surface area contributed by atoms with Crippen molar-refractivity contribution in [3.8, 4) is 0 Å². The fourth-order valence-electron chi connectivity index (χ4n) is 2.14. The van der Waals surface area contributed by atoms with Gasteiger partial charge >= 0.3 is 0 Å². The third-order valence-electron chi connectivity index (χ3n) is 3.12. The van der Waals surface area contributed by atoms with Crippen LogP contribution in [0.3, 0.4) is 0 Å². The molecule has 2 heterocycles. The predicted octanol–water partition coefficient (Wildman–Crippen LogP) is 2.85. The standard InChI is InChI=1S/C15H13BrN4O2/c1-10-18-12-4-2-3-5-13(12)20(10)9-15(21)19-17-8-11-6-7-14(16)22-11/h2-8H,9H2,1H3,(H,19,21). The molecule has 22 heavy (non-hydrogen) atoms. The molecular weight excluding hydrogens is 348 g/mol. The molecule has 1 amide bonds. The van der Waals surface area contributed by atoms with E-state index < -0.39 is 0 Å². The average Bonchev–Trinajstić information content (AvgIpc) is 3.03. The first-order valence-electron chi connectivity index (χ1n) is 6.62. The van der Waals surface area contributed by atoms with E-state index in [1.807, 2.05) is 35.8 Å². The van der Waals surface area contributed by atoms with Crippen LogP contribution in [0.4, 0.5) is 0 Å². The Balaban J connectivity index is 1.68. The van der Waals surface area contributed by atoms with E-state index in [4.69, 9.17) is 4.42 Å². The van der Waals surface area contributed by atoms with Gasteiger partial charge in [0.2, 0.25) is 0 Å². The zero-order chi connectivity index (χ0) is 15.5. The topological polar surface area (TPSA) is 72.4 Å². The van der Waals surface area contributed by atoms with E-state index in [0.29, 0.717) is 10.4 Å². The third-order valence-corrected chi connectivity index (χ3v) is 3.55. The number of para-hydroxylation sites is 2. The Bertz CT molecular complexity index is 850. The normalized spacial score (nSPS) is 11.4. The fraction of sp³-hybridized carbons (Fsp3) is 0.133.